The van der Waals surface area contributed by atoms with Crippen LogP contribution in [0, 0.1) is 17.0 Å². The van der Waals surface area contributed by atoms with Crippen molar-refractivity contribution < 1.29 is 19.2 Å². The minimum atomic E-state index is -0.588. The maximum atomic E-state index is 12.1. The van der Waals surface area contributed by atoms with Gasteiger partial charge in [-0.3, -0.25) is 19.7 Å². The fourth-order valence-electron chi connectivity index (χ4n) is 2.69. The molecule has 0 aliphatic carbocycles. The number of benzene rings is 3. The lowest BCUT2D eigenvalue weighted by Gasteiger charge is -2.09. The molecule has 9 nitrogen and oxygen atoms in total. The van der Waals surface area contributed by atoms with Gasteiger partial charge in [0, 0.05) is 28.4 Å². The van der Waals surface area contributed by atoms with Gasteiger partial charge in [-0.1, -0.05) is 35.9 Å². The second-order valence-corrected chi connectivity index (χ2v) is 7.29. The first-order chi connectivity index (χ1) is 15.8. The zero-order valence-electron chi connectivity index (χ0n) is 17.4. The fourth-order valence-corrected chi connectivity index (χ4v) is 2.87. The van der Waals surface area contributed by atoms with Gasteiger partial charge in [-0.05, 0) is 48.4 Å². The van der Waals surface area contributed by atoms with Gasteiger partial charge in [-0.2, -0.15) is 5.10 Å². The Morgan fingerprint density at radius 2 is 1.91 bits per heavy atom. The quantitative estimate of drug-likeness (QED) is 0.290. The van der Waals surface area contributed by atoms with E-state index in [4.69, 9.17) is 16.3 Å². The second kappa shape index (κ2) is 10.9. The molecule has 168 valence electrons. The summed E-state index contributed by atoms with van der Waals surface area (Å²) < 4.78 is 5.51. The first-order valence-electron chi connectivity index (χ1n) is 9.68. The van der Waals surface area contributed by atoms with Crippen LogP contribution in [0.4, 0.5) is 11.4 Å². The lowest BCUT2D eigenvalue weighted by molar-refractivity contribution is -0.384. The van der Waals surface area contributed by atoms with E-state index in [1.165, 1.54) is 24.4 Å². The standard InChI is InChI=1S/C23H19ClN4O5/c1-15-8-9-18(12-21(15)24)26-22(29)14-33-20-7-2-4-16(10-20)13-25-27-23(30)17-5-3-6-19(11-17)28(31)32/h2-13H,14H2,1H3,(H,26,29)(H,27,30)/b25-13+. The first kappa shape index (κ1) is 23.4. The topological polar surface area (TPSA) is 123 Å². The van der Waals surface area contributed by atoms with Crippen molar-refractivity contribution >= 4 is 41.0 Å². The Hall–Kier alpha value is -4.24. The van der Waals surface area contributed by atoms with Crippen LogP contribution < -0.4 is 15.5 Å². The van der Waals surface area contributed by atoms with Gasteiger partial charge in [-0.15, -0.1) is 0 Å². The van der Waals surface area contributed by atoms with Crippen molar-refractivity contribution in [3.8, 4) is 5.75 Å². The summed E-state index contributed by atoms with van der Waals surface area (Å²) in [4.78, 5) is 34.5. The number of nitro groups is 1. The van der Waals surface area contributed by atoms with Gasteiger partial charge in [0.2, 0.25) is 0 Å². The van der Waals surface area contributed by atoms with E-state index in [9.17, 15) is 19.7 Å². The molecule has 0 fully saturated rings. The number of hydrogen-bond donors (Lipinski definition) is 2. The number of hydrogen-bond acceptors (Lipinski definition) is 6. The summed E-state index contributed by atoms with van der Waals surface area (Å²) in [6.45, 7) is 1.65. The highest BCUT2D eigenvalue weighted by atomic mass is 35.5. The van der Waals surface area contributed by atoms with Crippen LogP contribution in [0.1, 0.15) is 21.5 Å². The Morgan fingerprint density at radius 1 is 1.12 bits per heavy atom. The lowest BCUT2D eigenvalue weighted by atomic mass is 10.2. The molecule has 10 heteroatoms. The van der Waals surface area contributed by atoms with E-state index in [0.29, 0.717) is 22.0 Å². The molecule has 0 bridgehead atoms. The molecule has 0 aliphatic rings. The molecular formula is C23H19ClN4O5. The number of ether oxygens (including phenoxy) is 1. The molecule has 0 saturated carbocycles. The number of nitro benzene ring substituents is 1. The number of nitrogens with zero attached hydrogens (tertiary/aromatic N) is 2. The number of hydrazone groups is 1. The molecule has 0 radical (unpaired) electrons. The number of non-ortho nitro benzene ring substituents is 1. The zero-order chi connectivity index (χ0) is 23.8. The van der Waals surface area contributed by atoms with E-state index in [0.717, 1.165) is 11.6 Å². The average Bonchev–Trinajstić information content (AvgIpc) is 2.80. The number of carbonyl (C=O) groups excluding carboxylic acids is 2. The van der Waals surface area contributed by atoms with Crippen molar-refractivity contribution in [3.63, 3.8) is 0 Å². The number of amides is 2. The predicted molar refractivity (Wildman–Crippen MR) is 125 cm³/mol. The first-order valence-corrected chi connectivity index (χ1v) is 10.1. The summed E-state index contributed by atoms with van der Waals surface area (Å²) in [5, 5.41) is 17.9. The maximum absolute atomic E-state index is 12.1. The molecule has 0 unspecified atom stereocenters. The van der Waals surface area contributed by atoms with E-state index >= 15 is 0 Å². The van der Waals surface area contributed by atoms with Crippen LogP contribution in [0.3, 0.4) is 0 Å². The van der Waals surface area contributed by atoms with Crippen LogP contribution in [0.2, 0.25) is 5.02 Å². The molecule has 2 N–H and O–H groups in total. The summed E-state index contributed by atoms with van der Waals surface area (Å²) in [6, 6.07) is 17.3. The second-order valence-electron chi connectivity index (χ2n) is 6.88. The molecule has 0 spiro atoms. The van der Waals surface area contributed by atoms with Crippen LogP contribution in [0.25, 0.3) is 0 Å². The molecule has 33 heavy (non-hydrogen) atoms. The molecule has 0 saturated heterocycles. The molecular weight excluding hydrogens is 448 g/mol. The third kappa shape index (κ3) is 6.88. The Kier molecular flexibility index (Phi) is 7.72. The number of nitrogens with one attached hydrogen (secondary N) is 2. The van der Waals surface area contributed by atoms with Crippen molar-refractivity contribution in [1.82, 2.24) is 5.43 Å². The summed E-state index contributed by atoms with van der Waals surface area (Å²) >= 11 is 6.05. The molecule has 0 heterocycles. The van der Waals surface area contributed by atoms with Gasteiger partial charge in [0.15, 0.2) is 6.61 Å². The minimum Gasteiger partial charge on any atom is -0.484 e. The molecule has 0 atom stereocenters. The SMILES string of the molecule is Cc1ccc(NC(=O)COc2cccc(/C=N/NC(=O)c3cccc([N+](=O)[O-])c3)c2)cc1Cl. The monoisotopic (exact) mass is 466 g/mol. The summed E-state index contributed by atoms with van der Waals surface area (Å²) in [7, 11) is 0. The molecule has 3 aromatic carbocycles. The van der Waals surface area contributed by atoms with Crippen molar-refractivity contribution in [3.05, 3.63) is 98.6 Å². The summed E-state index contributed by atoms with van der Waals surface area (Å²) in [5.74, 6) is -0.505. The summed E-state index contributed by atoms with van der Waals surface area (Å²) in [5.41, 5.74) is 4.32. The van der Waals surface area contributed by atoms with E-state index < -0.39 is 10.8 Å². The van der Waals surface area contributed by atoms with Crippen molar-refractivity contribution in [1.29, 1.82) is 0 Å². The fraction of sp³-hybridized carbons (Fsp3) is 0.0870. The van der Waals surface area contributed by atoms with E-state index in [2.05, 4.69) is 15.8 Å². The number of halogens is 1. The van der Waals surface area contributed by atoms with Crippen molar-refractivity contribution in [2.24, 2.45) is 5.10 Å². The molecule has 0 aliphatic heterocycles. The van der Waals surface area contributed by atoms with Crippen LogP contribution in [-0.4, -0.2) is 29.6 Å². The molecule has 3 aromatic rings. The third-order valence-corrected chi connectivity index (χ3v) is 4.79. The predicted octanol–water partition coefficient (Wildman–Crippen LogP) is 4.34. The van der Waals surface area contributed by atoms with Gasteiger partial charge in [-0.25, -0.2) is 5.43 Å². The van der Waals surface area contributed by atoms with Crippen LogP contribution in [-0.2, 0) is 4.79 Å². The molecule has 3 rings (SSSR count). The van der Waals surface area contributed by atoms with Crippen molar-refractivity contribution in [2.45, 2.75) is 6.92 Å². The Labute approximate surface area is 194 Å². The van der Waals surface area contributed by atoms with Gasteiger partial charge >= 0.3 is 0 Å². The lowest BCUT2D eigenvalue weighted by Crippen LogP contribution is -2.20. The maximum Gasteiger partial charge on any atom is 0.271 e. The smallest absolute Gasteiger partial charge is 0.271 e. The highest BCUT2D eigenvalue weighted by Crippen LogP contribution is 2.20. The van der Waals surface area contributed by atoms with Gasteiger partial charge in [0.05, 0.1) is 11.1 Å². The normalized spacial score (nSPS) is 10.6. The van der Waals surface area contributed by atoms with E-state index in [1.807, 2.05) is 6.92 Å². The van der Waals surface area contributed by atoms with Gasteiger partial charge in [0.1, 0.15) is 5.75 Å². The summed E-state index contributed by atoms with van der Waals surface area (Å²) in [6.07, 6.45) is 1.39. The minimum absolute atomic E-state index is 0.110. The van der Waals surface area contributed by atoms with Crippen LogP contribution >= 0.6 is 11.6 Å². The number of aryl methyl sites for hydroxylation is 1. The molecule has 2 amide bonds. The number of carbonyl (C=O) groups is 2. The Bertz CT molecular complexity index is 1230. The third-order valence-electron chi connectivity index (χ3n) is 4.38. The van der Waals surface area contributed by atoms with Crippen molar-refractivity contribution in [2.75, 3.05) is 11.9 Å². The largest absolute Gasteiger partial charge is 0.484 e. The Balaban J connectivity index is 1.53. The highest BCUT2D eigenvalue weighted by Gasteiger charge is 2.10. The van der Waals surface area contributed by atoms with Gasteiger partial charge in [0.25, 0.3) is 17.5 Å². The molecule has 0 aromatic heterocycles. The van der Waals surface area contributed by atoms with E-state index in [1.54, 1.807) is 42.5 Å². The van der Waals surface area contributed by atoms with Crippen LogP contribution in [0.5, 0.6) is 5.75 Å². The Morgan fingerprint density at radius 3 is 2.67 bits per heavy atom. The zero-order valence-corrected chi connectivity index (χ0v) is 18.2. The average molecular weight is 467 g/mol. The highest BCUT2D eigenvalue weighted by molar-refractivity contribution is 6.31. The number of rotatable bonds is 8. The van der Waals surface area contributed by atoms with E-state index in [-0.39, 0.29) is 23.8 Å². The number of anilines is 1. The van der Waals surface area contributed by atoms with Crippen LogP contribution in [0.15, 0.2) is 71.8 Å². The van der Waals surface area contributed by atoms with Gasteiger partial charge < -0.3 is 10.1 Å².